The summed E-state index contributed by atoms with van der Waals surface area (Å²) in [7, 11) is 0. The number of aromatic nitrogens is 2. The molecule has 0 radical (unpaired) electrons. The van der Waals surface area contributed by atoms with E-state index in [-0.39, 0.29) is 25.7 Å². The molecule has 0 saturated heterocycles. The molecule has 4 unspecified atom stereocenters. The first-order valence-electron chi connectivity index (χ1n) is 10.9. The largest absolute Gasteiger partial charge is 0.481 e. The summed E-state index contributed by atoms with van der Waals surface area (Å²) in [6.07, 6.45) is 0.478. The quantitative estimate of drug-likeness (QED) is 0.0937. The number of H-pyrrole nitrogens is 1. The van der Waals surface area contributed by atoms with Crippen molar-refractivity contribution >= 4 is 41.5 Å². The molecule has 0 bridgehead atoms. The van der Waals surface area contributed by atoms with Crippen LogP contribution in [-0.4, -0.2) is 85.8 Å². The standard InChI is InChI=1S/C20H30N8O9/c21-10(1-4-16(31)32)17(33)27-12(5-9-7-24-8-25-9)18(34)28-13(6-15(23)30)19(35)26-11(20(36)37)2-3-14(22)29/h7-8,10-13H,1-6,21H2,(H2,22,29)(H2,23,30)(H,24,25)(H,26,35)(H,27,33)(H,28,34)(H,31,32)(H,36,37). The molecule has 0 saturated carbocycles. The molecular weight excluding hydrogens is 496 g/mol. The highest BCUT2D eigenvalue weighted by Gasteiger charge is 2.31. The topological polar surface area (TPSA) is 303 Å². The zero-order valence-corrected chi connectivity index (χ0v) is 19.6. The van der Waals surface area contributed by atoms with Crippen molar-refractivity contribution in [3.63, 3.8) is 0 Å². The van der Waals surface area contributed by atoms with Crippen LogP contribution in [-0.2, 0) is 40.0 Å². The highest BCUT2D eigenvalue weighted by Crippen LogP contribution is 2.05. The number of hydrogen-bond donors (Lipinski definition) is 9. The number of imidazole rings is 1. The molecule has 12 N–H and O–H groups in total. The number of carbonyl (C=O) groups excluding carboxylic acids is 5. The van der Waals surface area contributed by atoms with Gasteiger partial charge in [-0.05, 0) is 12.8 Å². The summed E-state index contributed by atoms with van der Waals surface area (Å²) in [6, 6.07) is -5.82. The van der Waals surface area contributed by atoms with Crippen LogP contribution in [0.2, 0.25) is 0 Å². The summed E-state index contributed by atoms with van der Waals surface area (Å²) in [5.41, 5.74) is 16.3. The van der Waals surface area contributed by atoms with Crippen molar-refractivity contribution in [1.82, 2.24) is 25.9 Å². The molecule has 204 valence electrons. The van der Waals surface area contributed by atoms with Gasteiger partial charge in [0.05, 0.1) is 18.8 Å². The number of aliphatic carboxylic acids is 2. The first-order valence-corrected chi connectivity index (χ1v) is 10.9. The van der Waals surface area contributed by atoms with Gasteiger partial charge in [-0.1, -0.05) is 0 Å². The number of nitrogens with zero attached hydrogens (tertiary/aromatic N) is 1. The maximum Gasteiger partial charge on any atom is 0.326 e. The zero-order chi connectivity index (χ0) is 28.1. The van der Waals surface area contributed by atoms with Crippen molar-refractivity contribution in [2.75, 3.05) is 0 Å². The summed E-state index contributed by atoms with van der Waals surface area (Å²) in [4.78, 5) is 89.4. The molecular formula is C20H30N8O9. The smallest absolute Gasteiger partial charge is 0.326 e. The lowest BCUT2D eigenvalue weighted by molar-refractivity contribution is -0.143. The van der Waals surface area contributed by atoms with Gasteiger partial charge in [-0.15, -0.1) is 0 Å². The lowest BCUT2D eigenvalue weighted by Gasteiger charge is -2.24. The molecule has 0 aromatic carbocycles. The van der Waals surface area contributed by atoms with Crippen LogP contribution < -0.4 is 33.2 Å². The van der Waals surface area contributed by atoms with Gasteiger partial charge >= 0.3 is 11.9 Å². The Kier molecular flexibility index (Phi) is 12.2. The molecule has 0 fully saturated rings. The van der Waals surface area contributed by atoms with Crippen LogP contribution in [0.1, 0.15) is 37.8 Å². The third kappa shape index (κ3) is 11.6. The SMILES string of the molecule is NC(=O)CCC(NC(=O)C(CC(N)=O)NC(=O)C(Cc1cnc[nH]1)NC(=O)C(N)CCC(=O)O)C(=O)O. The van der Waals surface area contributed by atoms with Gasteiger partial charge in [-0.25, -0.2) is 9.78 Å². The molecule has 37 heavy (non-hydrogen) atoms. The van der Waals surface area contributed by atoms with E-state index < -0.39 is 78.5 Å². The first kappa shape index (κ1) is 30.5. The maximum atomic E-state index is 13.0. The molecule has 4 atom stereocenters. The lowest BCUT2D eigenvalue weighted by Crippen LogP contribution is -2.58. The average Bonchev–Trinajstić information content (AvgIpc) is 3.31. The molecule has 0 aliphatic rings. The van der Waals surface area contributed by atoms with Gasteiger partial charge in [-0.2, -0.15) is 0 Å². The maximum absolute atomic E-state index is 13.0. The molecule has 17 nitrogen and oxygen atoms in total. The molecule has 17 heteroatoms. The van der Waals surface area contributed by atoms with E-state index in [0.29, 0.717) is 5.69 Å². The Bertz CT molecular complexity index is 998. The number of rotatable bonds is 17. The number of carboxylic acids is 2. The second-order valence-corrected chi connectivity index (χ2v) is 8.02. The Balaban J connectivity index is 3.04. The molecule has 1 heterocycles. The van der Waals surface area contributed by atoms with Crippen LogP contribution in [0.15, 0.2) is 12.5 Å². The molecule has 0 aliphatic heterocycles. The molecule has 1 aromatic rings. The summed E-state index contributed by atoms with van der Waals surface area (Å²) < 4.78 is 0. The Labute approximate surface area is 209 Å². The predicted molar refractivity (Wildman–Crippen MR) is 123 cm³/mol. The van der Waals surface area contributed by atoms with Crippen LogP contribution in [0.5, 0.6) is 0 Å². The number of carboxylic acid groups (broad SMARTS) is 2. The van der Waals surface area contributed by atoms with Crippen LogP contribution in [0.25, 0.3) is 0 Å². The van der Waals surface area contributed by atoms with Gasteiger partial charge in [0.2, 0.25) is 29.5 Å². The highest BCUT2D eigenvalue weighted by atomic mass is 16.4. The monoisotopic (exact) mass is 526 g/mol. The van der Waals surface area contributed by atoms with Crippen molar-refractivity contribution < 1.29 is 43.8 Å². The second-order valence-electron chi connectivity index (χ2n) is 8.02. The Morgan fingerprint density at radius 3 is 1.95 bits per heavy atom. The van der Waals surface area contributed by atoms with E-state index in [1.54, 1.807) is 0 Å². The van der Waals surface area contributed by atoms with Crippen LogP contribution in [0, 0.1) is 0 Å². The third-order valence-corrected chi connectivity index (χ3v) is 4.95. The van der Waals surface area contributed by atoms with Crippen LogP contribution >= 0.6 is 0 Å². The summed E-state index contributed by atoms with van der Waals surface area (Å²) >= 11 is 0. The number of carbonyl (C=O) groups is 7. The Hall–Kier alpha value is -4.54. The third-order valence-electron chi connectivity index (χ3n) is 4.95. The number of aromatic amines is 1. The van der Waals surface area contributed by atoms with E-state index in [1.807, 2.05) is 0 Å². The van der Waals surface area contributed by atoms with E-state index >= 15 is 0 Å². The summed E-state index contributed by atoms with van der Waals surface area (Å²) in [6.45, 7) is 0. The van der Waals surface area contributed by atoms with Crippen LogP contribution in [0.4, 0.5) is 0 Å². The minimum Gasteiger partial charge on any atom is -0.481 e. The van der Waals surface area contributed by atoms with Crippen molar-refractivity contribution in [2.24, 2.45) is 17.2 Å². The number of hydrogen-bond acceptors (Lipinski definition) is 9. The molecule has 1 rings (SSSR count). The molecule has 0 aliphatic carbocycles. The van der Waals surface area contributed by atoms with E-state index in [0.717, 1.165) is 0 Å². The van der Waals surface area contributed by atoms with Crippen LogP contribution in [0.3, 0.4) is 0 Å². The van der Waals surface area contributed by atoms with E-state index in [1.165, 1.54) is 12.5 Å². The minimum atomic E-state index is -1.64. The van der Waals surface area contributed by atoms with E-state index in [4.69, 9.17) is 22.3 Å². The second kappa shape index (κ2) is 14.8. The van der Waals surface area contributed by atoms with Crippen molar-refractivity contribution in [3.8, 4) is 0 Å². The first-order chi connectivity index (χ1) is 17.3. The van der Waals surface area contributed by atoms with Crippen molar-refractivity contribution in [3.05, 3.63) is 18.2 Å². The van der Waals surface area contributed by atoms with E-state index in [2.05, 4.69) is 25.9 Å². The summed E-state index contributed by atoms with van der Waals surface area (Å²) in [5, 5.41) is 24.8. The van der Waals surface area contributed by atoms with Crippen molar-refractivity contribution in [1.29, 1.82) is 0 Å². The number of primary amides is 2. The van der Waals surface area contributed by atoms with Gasteiger partial charge in [0.25, 0.3) is 0 Å². The average molecular weight is 527 g/mol. The molecule has 5 amide bonds. The molecule has 1 aromatic heterocycles. The van der Waals surface area contributed by atoms with Gasteiger partial charge in [0.1, 0.15) is 18.1 Å². The number of amides is 5. The fourth-order valence-corrected chi connectivity index (χ4v) is 3.01. The lowest BCUT2D eigenvalue weighted by atomic mass is 10.1. The predicted octanol–water partition coefficient (Wildman–Crippen LogP) is -4.18. The Morgan fingerprint density at radius 1 is 0.838 bits per heavy atom. The fourth-order valence-electron chi connectivity index (χ4n) is 3.01. The minimum absolute atomic E-state index is 0.162. The highest BCUT2D eigenvalue weighted by molar-refractivity contribution is 5.96. The van der Waals surface area contributed by atoms with Gasteiger partial charge in [0, 0.05) is 31.2 Å². The normalized spacial score (nSPS) is 13.9. The summed E-state index contributed by atoms with van der Waals surface area (Å²) in [5.74, 6) is -7.37. The molecule has 0 spiro atoms. The number of nitrogens with one attached hydrogen (secondary N) is 4. The fraction of sp³-hybridized carbons (Fsp3) is 0.500. The van der Waals surface area contributed by atoms with Gasteiger partial charge in [0.15, 0.2) is 0 Å². The zero-order valence-electron chi connectivity index (χ0n) is 19.6. The van der Waals surface area contributed by atoms with Crippen molar-refractivity contribution in [2.45, 2.75) is 62.7 Å². The van der Waals surface area contributed by atoms with Gasteiger partial charge < -0.3 is 48.3 Å². The van der Waals surface area contributed by atoms with Gasteiger partial charge in [-0.3, -0.25) is 28.8 Å². The van der Waals surface area contributed by atoms with E-state index in [9.17, 15) is 38.7 Å². The Morgan fingerprint density at radius 2 is 1.43 bits per heavy atom. The number of nitrogens with two attached hydrogens (primary N) is 3.